The van der Waals surface area contributed by atoms with Crippen LogP contribution in [0, 0.1) is 0 Å². The third-order valence-corrected chi connectivity index (χ3v) is 7.34. The van der Waals surface area contributed by atoms with Gasteiger partial charge in [0.2, 0.25) is 0 Å². The number of benzene rings is 2. The summed E-state index contributed by atoms with van der Waals surface area (Å²) in [4.78, 5) is 26.2. The summed E-state index contributed by atoms with van der Waals surface area (Å²) < 4.78 is 28.1. The lowest BCUT2D eigenvalue weighted by atomic mass is 10.1. The SMILES string of the molecule is O=Cc1cn(S(=O)(=O)c2cccc(Br)c2)c2ccc(N3CCN(C(=O)O)CC3)cc12. The first-order valence-corrected chi connectivity index (χ1v) is 11.4. The largest absolute Gasteiger partial charge is 0.465 e. The fourth-order valence-corrected chi connectivity index (χ4v) is 5.57. The predicted octanol–water partition coefficient (Wildman–Crippen LogP) is 3.25. The van der Waals surface area contributed by atoms with E-state index in [1.165, 1.54) is 23.2 Å². The van der Waals surface area contributed by atoms with Gasteiger partial charge in [-0.05, 0) is 36.4 Å². The Labute approximate surface area is 181 Å². The van der Waals surface area contributed by atoms with E-state index >= 15 is 0 Å². The number of carboxylic acid groups (broad SMARTS) is 1. The van der Waals surface area contributed by atoms with Crippen LogP contribution in [-0.2, 0) is 10.0 Å². The molecule has 1 aromatic heterocycles. The topological polar surface area (TPSA) is 99.9 Å². The molecule has 1 amide bonds. The fourth-order valence-electron chi connectivity index (χ4n) is 3.60. The summed E-state index contributed by atoms with van der Waals surface area (Å²) in [5.41, 5.74) is 1.49. The van der Waals surface area contributed by atoms with E-state index < -0.39 is 16.1 Å². The van der Waals surface area contributed by atoms with Crippen LogP contribution < -0.4 is 4.90 Å². The number of nitrogens with zero attached hydrogens (tertiary/aromatic N) is 3. The van der Waals surface area contributed by atoms with Gasteiger partial charge in [-0.2, -0.15) is 0 Å². The molecule has 0 saturated carbocycles. The first kappa shape index (κ1) is 20.4. The fraction of sp³-hybridized carbons (Fsp3) is 0.200. The molecular formula is C20H18BrN3O5S. The number of hydrogen-bond acceptors (Lipinski definition) is 5. The molecule has 1 aliphatic rings. The second kappa shape index (κ2) is 7.77. The number of aldehydes is 1. The molecule has 0 bridgehead atoms. The Morgan fingerprint density at radius 1 is 1.07 bits per heavy atom. The third-order valence-electron chi connectivity index (χ3n) is 5.18. The summed E-state index contributed by atoms with van der Waals surface area (Å²) in [6, 6.07) is 11.6. The van der Waals surface area contributed by atoms with Crippen LogP contribution in [0.15, 0.2) is 58.0 Å². The highest BCUT2D eigenvalue weighted by Crippen LogP contribution is 2.30. The number of anilines is 1. The second-order valence-electron chi connectivity index (χ2n) is 6.92. The zero-order valence-corrected chi connectivity index (χ0v) is 18.1. The molecule has 10 heteroatoms. The number of aromatic nitrogens is 1. The van der Waals surface area contributed by atoms with Gasteiger partial charge in [-0.15, -0.1) is 0 Å². The summed E-state index contributed by atoms with van der Waals surface area (Å²) in [6.45, 7) is 1.80. The molecule has 0 atom stereocenters. The molecule has 4 rings (SSSR count). The molecule has 0 radical (unpaired) electrons. The van der Waals surface area contributed by atoms with Crippen molar-refractivity contribution in [3.63, 3.8) is 0 Å². The Hall–Kier alpha value is -2.85. The van der Waals surface area contributed by atoms with E-state index in [2.05, 4.69) is 15.9 Å². The van der Waals surface area contributed by atoms with E-state index in [0.717, 1.165) is 9.66 Å². The van der Waals surface area contributed by atoms with Crippen molar-refractivity contribution >= 4 is 54.9 Å². The van der Waals surface area contributed by atoms with Gasteiger partial charge in [0.25, 0.3) is 10.0 Å². The first-order chi connectivity index (χ1) is 14.3. The molecule has 1 N–H and O–H groups in total. The van der Waals surface area contributed by atoms with Gasteiger partial charge in [-0.25, -0.2) is 17.2 Å². The van der Waals surface area contributed by atoms with E-state index in [0.29, 0.717) is 47.8 Å². The summed E-state index contributed by atoms with van der Waals surface area (Å²) in [7, 11) is -3.89. The Morgan fingerprint density at radius 2 is 1.80 bits per heavy atom. The minimum Gasteiger partial charge on any atom is -0.465 e. The smallest absolute Gasteiger partial charge is 0.407 e. The van der Waals surface area contributed by atoms with Crippen LogP contribution in [0.5, 0.6) is 0 Å². The van der Waals surface area contributed by atoms with Gasteiger partial charge < -0.3 is 14.9 Å². The number of carbonyl (C=O) groups is 2. The van der Waals surface area contributed by atoms with Crippen molar-refractivity contribution in [2.75, 3.05) is 31.1 Å². The molecule has 2 heterocycles. The highest BCUT2D eigenvalue weighted by atomic mass is 79.9. The summed E-state index contributed by atoms with van der Waals surface area (Å²) in [6.07, 6.45) is 1.03. The van der Waals surface area contributed by atoms with Crippen molar-refractivity contribution < 1.29 is 23.1 Å². The second-order valence-corrected chi connectivity index (χ2v) is 9.65. The quantitative estimate of drug-likeness (QED) is 0.562. The van der Waals surface area contributed by atoms with Crippen molar-refractivity contribution in [1.29, 1.82) is 0 Å². The zero-order valence-electron chi connectivity index (χ0n) is 15.7. The third kappa shape index (κ3) is 3.56. The molecule has 8 nitrogen and oxygen atoms in total. The van der Waals surface area contributed by atoms with Gasteiger partial charge in [-0.1, -0.05) is 22.0 Å². The lowest BCUT2D eigenvalue weighted by molar-refractivity contribution is 0.112. The van der Waals surface area contributed by atoms with E-state index in [-0.39, 0.29) is 10.5 Å². The first-order valence-electron chi connectivity index (χ1n) is 9.15. The number of hydrogen-bond donors (Lipinski definition) is 1. The number of halogens is 1. The minimum absolute atomic E-state index is 0.111. The molecule has 0 aliphatic carbocycles. The van der Waals surface area contributed by atoms with Crippen molar-refractivity contribution in [1.82, 2.24) is 8.87 Å². The monoisotopic (exact) mass is 491 g/mol. The van der Waals surface area contributed by atoms with Gasteiger partial charge in [-0.3, -0.25) is 4.79 Å². The van der Waals surface area contributed by atoms with Crippen LogP contribution >= 0.6 is 15.9 Å². The van der Waals surface area contributed by atoms with Crippen LogP contribution in [0.3, 0.4) is 0 Å². The van der Waals surface area contributed by atoms with Crippen molar-refractivity contribution in [3.8, 4) is 0 Å². The van der Waals surface area contributed by atoms with Gasteiger partial charge in [0.1, 0.15) is 0 Å². The number of carbonyl (C=O) groups excluding carboxylic acids is 1. The van der Waals surface area contributed by atoms with E-state index in [9.17, 15) is 18.0 Å². The lowest BCUT2D eigenvalue weighted by Gasteiger charge is -2.34. The predicted molar refractivity (Wildman–Crippen MR) is 116 cm³/mol. The maximum absolute atomic E-state index is 13.2. The standard InChI is InChI=1S/C20H18BrN3O5S/c21-15-2-1-3-17(10-15)30(28,29)24-12-14(13-25)18-11-16(4-5-19(18)24)22-6-8-23(9-7-22)20(26)27/h1-5,10-13H,6-9H2,(H,26,27). The van der Waals surface area contributed by atoms with E-state index in [1.54, 1.807) is 30.3 Å². The van der Waals surface area contributed by atoms with Crippen LogP contribution in [-0.4, -0.2) is 61.0 Å². The Balaban J connectivity index is 1.74. The lowest BCUT2D eigenvalue weighted by Crippen LogP contribution is -2.48. The Bertz CT molecular complexity index is 1250. The van der Waals surface area contributed by atoms with Crippen LogP contribution in [0.25, 0.3) is 10.9 Å². The number of amides is 1. The van der Waals surface area contributed by atoms with Crippen molar-refractivity contribution in [2.45, 2.75) is 4.90 Å². The molecular weight excluding hydrogens is 474 g/mol. The maximum Gasteiger partial charge on any atom is 0.407 e. The molecule has 156 valence electrons. The maximum atomic E-state index is 13.2. The minimum atomic E-state index is -3.89. The van der Waals surface area contributed by atoms with Gasteiger partial charge in [0.15, 0.2) is 6.29 Å². The molecule has 1 aliphatic heterocycles. The highest BCUT2D eigenvalue weighted by Gasteiger charge is 2.24. The zero-order chi connectivity index (χ0) is 21.5. The van der Waals surface area contributed by atoms with E-state index in [1.807, 2.05) is 4.90 Å². The number of fused-ring (bicyclic) bond motifs is 1. The average molecular weight is 492 g/mol. The summed E-state index contributed by atoms with van der Waals surface area (Å²) in [5.74, 6) is 0. The van der Waals surface area contributed by atoms with Crippen molar-refractivity contribution in [2.24, 2.45) is 0 Å². The highest BCUT2D eigenvalue weighted by molar-refractivity contribution is 9.10. The van der Waals surface area contributed by atoms with Gasteiger partial charge in [0, 0.05) is 53.5 Å². The van der Waals surface area contributed by atoms with Crippen molar-refractivity contribution in [3.05, 3.63) is 58.7 Å². The van der Waals surface area contributed by atoms with Crippen LogP contribution in [0.4, 0.5) is 10.5 Å². The van der Waals surface area contributed by atoms with Gasteiger partial charge >= 0.3 is 6.09 Å². The molecule has 1 saturated heterocycles. The normalized spacial score (nSPS) is 14.8. The number of rotatable bonds is 4. The molecule has 0 spiro atoms. The van der Waals surface area contributed by atoms with Crippen LogP contribution in [0.2, 0.25) is 0 Å². The molecule has 30 heavy (non-hydrogen) atoms. The Morgan fingerprint density at radius 3 is 2.43 bits per heavy atom. The molecule has 0 unspecified atom stereocenters. The van der Waals surface area contributed by atoms with Crippen LogP contribution in [0.1, 0.15) is 10.4 Å². The van der Waals surface area contributed by atoms with E-state index in [4.69, 9.17) is 5.11 Å². The molecule has 2 aromatic carbocycles. The number of piperazine rings is 1. The summed E-state index contributed by atoms with van der Waals surface area (Å²) in [5, 5.41) is 9.63. The Kier molecular flexibility index (Phi) is 5.29. The average Bonchev–Trinajstić information content (AvgIpc) is 3.12. The summed E-state index contributed by atoms with van der Waals surface area (Å²) >= 11 is 3.29. The van der Waals surface area contributed by atoms with Gasteiger partial charge in [0.05, 0.1) is 10.4 Å². The molecule has 3 aromatic rings. The molecule has 1 fully saturated rings.